The SMILES string of the molecule is COC(=O)C1=C(C(=O)OC)C2=C(CC1)N(S(=O)(=O)c1ccc(C)cc1)CCC2. The Kier molecular flexibility index (Phi) is 5.60. The fourth-order valence-corrected chi connectivity index (χ4v) is 5.30. The summed E-state index contributed by atoms with van der Waals surface area (Å²) in [6, 6.07) is 6.67. The zero-order valence-corrected chi connectivity index (χ0v) is 17.0. The lowest BCUT2D eigenvalue weighted by atomic mass is 9.84. The van der Waals surface area contributed by atoms with Gasteiger partial charge in [-0.25, -0.2) is 18.0 Å². The molecule has 0 unspecified atom stereocenters. The minimum Gasteiger partial charge on any atom is -0.466 e. The third-order valence-corrected chi connectivity index (χ3v) is 6.93. The molecule has 0 aromatic heterocycles. The molecule has 1 heterocycles. The minimum absolute atomic E-state index is 0.138. The Morgan fingerprint density at radius 2 is 1.61 bits per heavy atom. The Morgan fingerprint density at radius 3 is 2.21 bits per heavy atom. The van der Waals surface area contributed by atoms with Crippen LogP contribution in [0.4, 0.5) is 0 Å². The van der Waals surface area contributed by atoms with Crippen LogP contribution in [0, 0.1) is 6.92 Å². The molecule has 1 aliphatic heterocycles. The average molecular weight is 405 g/mol. The second-order valence-corrected chi connectivity index (χ2v) is 8.62. The van der Waals surface area contributed by atoms with Crippen molar-refractivity contribution in [3.05, 3.63) is 52.2 Å². The highest BCUT2D eigenvalue weighted by atomic mass is 32.2. The third kappa shape index (κ3) is 3.44. The number of methoxy groups -OCH3 is 2. The molecule has 150 valence electrons. The van der Waals surface area contributed by atoms with Gasteiger partial charge in [0.15, 0.2) is 0 Å². The van der Waals surface area contributed by atoms with Crippen LogP contribution in [0.1, 0.15) is 31.2 Å². The smallest absolute Gasteiger partial charge is 0.338 e. The molecule has 7 nitrogen and oxygen atoms in total. The highest BCUT2D eigenvalue weighted by Crippen LogP contribution is 2.40. The van der Waals surface area contributed by atoms with Crippen LogP contribution in [-0.2, 0) is 29.1 Å². The lowest BCUT2D eigenvalue weighted by Crippen LogP contribution is -2.37. The molecule has 0 spiro atoms. The predicted molar refractivity (Wildman–Crippen MR) is 102 cm³/mol. The molecule has 3 rings (SSSR count). The Labute approximate surface area is 164 Å². The van der Waals surface area contributed by atoms with Gasteiger partial charge in [0.1, 0.15) is 0 Å². The normalized spacial score (nSPS) is 17.3. The standard InChI is InChI=1S/C20H23NO6S/c1-13-6-8-14(9-7-13)28(24,25)21-12-4-5-15-17(21)11-10-16(19(22)26-2)18(15)20(23)27-3/h6-9H,4-5,10-12H2,1-3H3. The summed E-state index contributed by atoms with van der Waals surface area (Å²) < 4.78 is 37.5. The number of carbonyl (C=O) groups excluding carboxylic acids is 2. The van der Waals surface area contributed by atoms with Crippen LogP contribution in [0.25, 0.3) is 0 Å². The van der Waals surface area contributed by atoms with Crippen LogP contribution in [0.3, 0.4) is 0 Å². The molecule has 0 fully saturated rings. The molecule has 0 N–H and O–H groups in total. The van der Waals surface area contributed by atoms with Crippen molar-refractivity contribution in [3.63, 3.8) is 0 Å². The number of hydrogen-bond donors (Lipinski definition) is 0. The molecular formula is C20H23NO6S. The Morgan fingerprint density at radius 1 is 0.964 bits per heavy atom. The molecular weight excluding hydrogens is 382 g/mol. The van der Waals surface area contributed by atoms with Crippen LogP contribution in [0.15, 0.2) is 51.6 Å². The number of nitrogens with zero attached hydrogens (tertiary/aromatic N) is 1. The maximum atomic E-state index is 13.2. The van der Waals surface area contributed by atoms with Crippen molar-refractivity contribution in [3.8, 4) is 0 Å². The van der Waals surface area contributed by atoms with Crippen LogP contribution in [0.5, 0.6) is 0 Å². The largest absolute Gasteiger partial charge is 0.466 e. The predicted octanol–water partition coefficient (Wildman–Crippen LogP) is 2.47. The molecule has 0 radical (unpaired) electrons. The van der Waals surface area contributed by atoms with Crippen molar-refractivity contribution in [2.75, 3.05) is 20.8 Å². The van der Waals surface area contributed by atoms with Gasteiger partial charge in [0, 0.05) is 12.2 Å². The summed E-state index contributed by atoms with van der Waals surface area (Å²) in [5.74, 6) is -1.24. The molecule has 8 heteroatoms. The summed E-state index contributed by atoms with van der Waals surface area (Å²) in [4.78, 5) is 24.8. The molecule has 1 aliphatic carbocycles. The Balaban J connectivity index is 2.13. The second kappa shape index (κ2) is 7.79. The average Bonchev–Trinajstić information content (AvgIpc) is 2.71. The van der Waals surface area contributed by atoms with E-state index in [4.69, 9.17) is 9.47 Å². The van der Waals surface area contributed by atoms with E-state index in [-0.39, 0.29) is 22.5 Å². The maximum absolute atomic E-state index is 13.2. The summed E-state index contributed by atoms with van der Waals surface area (Å²) in [7, 11) is -1.27. The highest BCUT2D eigenvalue weighted by Gasteiger charge is 2.38. The van der Waals surface area contributed by atoms with Gasteiger partial charge in [-0.1, -0.05) is 17.7 Å². The summed E-state index contributed by atoms with van der Waals surface area (Å²) in [6.45, 7) is 2.22. The number of allylic oxidation sites excluding steroid dienone is 1. The summed E-state index contributed by atoms with van der Waals surface area (Å²) in [6.07, 6.45) is 1.60. The monoisotopic (exact) mass is 405 g/mol. The van der Waals surface area contributed by atoms with E-state index in [2.05, 4.69) is 0 Å². The van der Waals surface area contributed by atoms with Gasteiger partial charge in [-0.05, 0) is 50.3 Å². The van der Waals surface area contributed by atoms with E-state index < -0.39 is 22.0 Å². The molecule has 1 aromatic carbocycles. The third-order valence-electron chi connectivity index (χ3n) is 5.08. The Bertz CT molecular complexity index is 972. The highest BCUT2D eigenvalue weighted by molar-refractivity contribution is 7.89. The van der Waals surface area contributed by atoms with Crippen molar-refractivity contribution < 1.29 is 27.5 Å². The van der Waals surface area contributed by atoms with Gasteiger partial charge in [-0.15, -0.1) is 0 Å². The van der Waals surface area contributed by atoms with E-state index in [0.717, 1.165) is 5.56 Å². The van der Waals surface area contributed by atoms with Gasteiger partial charge >= 0.3 is 11.9 Å². The Hall–Kier alpha value is -2.61. The van der Waals surface area contributed by atoms with Gasteiger partial charge < -0.3 is 9.47 Å². The molecule has 2 aliphatic rings. The van der Waals surface area contributed by atoms with Crippen LogP contribution in [-0.4, -0.2) is 45.4 Å². The van der Waals surface area contributed by atoms with Crippen LogP contribution < -0.4 is 0 Å². The first-order chi connectivity index (χ1) is 13.3. The van der Waals surface area contributed by atoms with Gasteiger partial charge in [-0.3, -0.25) is 4.31 Å². The number of ether oxygens (including phenoxy) is 2. The van der Waals surface area contributed by atoms with E-state index >= 15 is 0 Å². The first kappa shape index (κ1) is 20.1. The van der Waals surface area contributed by atoms with Crippen molar-refractivity contribution in [2.45, 2.75) is 37.5 Å². The van der Waals surface area contributed by atoms with E-state index in [1.165, 1.54) is 18.5 Å². The summed E-state index contributed by atoms with van der Waals surface area (Å²) in [5.41, 5.74) is 2.45. The molecule has 0 bridgehead atoms. The van der Waals surface area contributed by atoms with Gasteiger partial charge in [-0.2, -0.15) is 0 Å². The van der Waals surface area contributed by atoms with Crippen molar-refractivity contribution in [1.82, 2.24) is 4.31 Å². The number of esters is 2. The maximum Gasteiger partial charge on any atom is 0.338 e. The van der Waals surface area contributed by atoms with Crippen molar-refractivity contribution >= 4 is 22.0 Å². The zero-order valence-electron chi connectivity index (χ0n) is 16.1. The van der Waals surface area contributed by atoms with Gasteiger partial charge in [0.2, 0.25) is 0 Å². The lowest BCUT2D eigenvalue weighted by molar-refractivity contribution is -0.139. The van der Waals surface area contributed by atoms with Crippen molar-refractivity contribution in [2.24, 2.45) is 0 Å². The minimum atomic E-state index is -3.76. The number of benzene rings is 1. The molecule has 0 atom stereocenters. The molecule has 0 amide bonds. The number of rotatable bonds is 4. The van der Waals surface area contributed by atoms with Crippen LogP contribution in [0.2, 0.25) is 0 Å². The van der Waals surface area contributed by atoms with E-state index in [9.17, 15) is 18.0 Å². The number of carbonyl (C=O) groups is 2. The molecule has 1 aromatic rings. The first-order valence-electron chi connectivity index (χ1n) is 9.02. The molecule has 28 heavy (non-hydrogen) atoms. The number of hydrogen-bond acceptors (Lipinski definition) is 6. The number of sulfonamides is 1. The zero-order chi connectivity index (χ0) is 20.5. The van der Waals surface area contributed by atoms with Gasteiger partial charge in [0.05, 0.1) is 30.3 Å². The summed E-state index contributed by atoms with van der Waals surface area (Å²) in [5, 5.41) is 0. The van der Waals surface area contributed by atoms with E-state index in [0.29, 0.717) is 37.1 Å². The number of aryl methyl sites for hydroxylation is 1. The first-order valence-corrected chi connectivity index (χ1v) is 10.5. The van der Waals surface area contributed by atoms with Gasteiger partial charge in [0.25, 0.3) is 10.0 Å². The second-order valence-electron chi connectivity index (χ2n) is 6.76. The van der Waals surface area contributed by atoms with E-state index in [1.807, 2.05) is 6.92 Å². The molecule has 0 saturated carbocycles. The van der Waals surface area contributed by atoms with Crippen LogP contribution >= 0.6 is 0 Å². The lowest BCUT2D eigenvalue weighted by Gasteiger charge is -2.36. The van der Waals surface area contributed by atoms with E-state index in [1.54, 1.807) is 24.3 Å². The fourth-order valence-electron chi connectivity index (χ4n) is 3.70. The van der Waals surface area contributed by atoms with Crippen molar-refractivity contribution in [1.29, 1.82) is 0 Å². The quantitative estimate of drug-likeness (QED) is 0.715. The summed E-state index contributed by atoms with van der Waals surface area (Å²) >= 11 is 0. The fraction of sp³-hybridized carbons (Fsp3) is 0.400. The molecule has 0 saturated heterocycles. The topological polar surface area (TPSA) is 90.0 Å².